The van der Waals surface area contributed by atoms with E-state index in [0.29, 0.717) is 5.92 Å². The predicted molar refractivity (Wildman–Crippen MR) is 73.1 cm³/mol. The van der Waals surface area contributed by atoms with E-state index in [-0.39, 0.29) is 18.8 Å². The Balaban J connectivity index is 1.93. The normalized spacial score (nSPS) is 24.2. The van der Waals surface area contributed by atoms with Gasteiger partial charge in [-0.15, -0.1) is 0 Å². The number of rotatable bonds is 4. The fourth-order valence-electron chi connectivity index (χ4n) is 2.45. The number of nitrogens with one attached hydrogen (secondary N) is 1. The molecule has 1 aromatic rings. The van der Waals surface area contributed by atoms with Crippen molar-refractivity contribution in [1.82, 2.24) is 5.32 Å². The highest BCUT2D eigenvalue weighted by atomic mass is 16.5. The SMILES string of the molecule is CC(C)Oc1ccc(C2CCC(CO)NC2)cc1. The highest BCUT2D eigenvalue weighted by Crippen LogP contribution is 2.26. The Bertz CT molecular complexity index is 353. The number of aliphatic hydroxyl groups is 1. The number of hydrogen-bond donors (Lipinski definition) is 2. The van der Waals surface area contributed by atoms with Crippen LogP contribution in [0.5, 0.6) is 5.75 Å². The average molecular weight is 249 g/mol. The van der Waals surface area contributed by atoms with Crippen molar-refractivity contribution >= 4 is 0 Å². The molecular weight excluding hydrogens is 226 g/mol. The molecule has 0 saturated carbocycles. The van der Waals surface area contributed by atoms with Gasteiger partial charge in [0.25, 0.3) is 0 Å². The minimum absolute atomic E-state index is 0.220. The molecule has 3 nitrogen and oxygen atoms in total. The lowest BCUT2D eigenvalue weighted by atomic mass is 9.89. The molecule has 2 N–H and O–H groups in total. The van der Waals surface area contributed by atoms with Crippen molar-refractivity contribution in [3.63, 3.8) is 0 Å². The molecule has 2 rings (SSSR count). The summed E-state index contributed by atoms with van der Waals surface area (Å²) in [4.78, 5) is 0. The fraction of sp³-hybridized carbons (Fsp3) is 0.600. The topological polar surface area (TPSA) is 41.5 Å². The first-order valence-electron chi connectivity index (χ1n) is 6.80. The average Bonchev–Trinajstić information content (AvgIpc) is 2.39. The smallest absolute Gasteiger partial charge is 0.119 e. The van der Waals surface area contributed by atoms with Crippen LogP contribution in [0.3, 0.4) is 0 Å². The predicted octanol–water partition coefficient (Wildman–Crippen LogP) is 2.30. The van der Waals surface area contributed by atoms with Gasteiger partial charge in [0.2, 0.25) is 0 Å². The third-order valence-electron chi connectivity index (χ3n) is 3.46. The molecule has 0 spiro atoms. The summed E-state index contributed by atoms with van der Waals surface area (Å²) in [6.45, 7) is 5.27. The maximum Gasteiger partial charge on any atom is 0.119 e. The molecule has 18 heavy (non-hydrogen) atoms. The van der Waals surface area contributed by atoms with Crippen LogP contribution in [0.15, 0.2) is 24.3 Å². The van der Waals surface area contributed by atoms with Gasteiger partial charge < -0.3 is 15.2 Å². The Hall–Kier alpha value is -1.06. The zero-order valence-electron chi connectivity index (χ0n) is 11.2. The van der Waals surface area contributed by atoms with Crippen molar-refractivity contribution in [2.75, 3.05) is 13.2 Å². The molecule has 2 unspecified atom stereocenters. The van der Waals surface area contributed by atoms with Crippen LogP contribution in [-0.2, 0) is 0 Å². The van der Waals surface area contributed by atoms with Gasteiger partial charge in [-0.3, -0.25) is 0 Å². The van der Waals surface area contributed by atoms with Gasteiger partial charge >= 0.3 is 0 Å². The maximum absolute atomic E-state index is 9.09. The zero-order valence-corrected chi connectivity index (χ0v) is 11.2. The number of benzene rings is 1. The van der Waals surface area contributed by atoms with Crippen LogP contribution in [-0.4, -0.2) is 30.4 Å². The second-order valence-electron chi connectivity index (χ2n) is 5.30. The van der Waals surface area contributed by atoms with E-state index in [1.807, 2.05) is 26.0 Å². The number of piperidine rings is 1. The van der Waals surface area contributed by atoms with E-state index < -0.39 is 0 Å². The van der Waals surface area contributed by atoms with Gasteiger partial charge in [-0.2, -0.15) is 0 Å². The van der Waals surface area contributed by atoms with Gasteiger partial charge in [0.1, 0.15) is 5.75 Å². The molecule has 1 heterocycles. The number of hydrogen-bond acceptors (Lipinski definition) is 3. The lowest BCUT2D eigenvalue weighted by molar-refractivity contribution is 0.212. The third-order valence-corrected chi connectivity index (χ3v) is 3.46. The molecule has 0 radical (unpaired) electrons. The van der Waals surface area contributed by atoms with E-state index in [0.717, 1.165) is 25.1 Å². The van der Waals surface area contributed by atoms with Gasteiger partial charge in [0.15, 0.2) is 0 Å². The molecule has 1 aromatic carbocycles. The molecule has 0 aliphatic carbocycles. The summed E-state index contributed by atoms with van der Waals surface area (Å²) in [7, 11) is 0. The molecule has 0 aromatic heterocycles. The standard InChI is InChI=1S/C15H23NO2/c1-11(2)18-15-7-4-12(5-8-15)13-3-6-14(10-17)16-9-13/h4-5,7-8,11,13-14,16-17H,3,6,9-10H2,1-2H3. The molecule has 2 atom stereocenters. The Kier molecular flexibility index (Phi) is 4.61. The summed E-state index contributed by atoms with van der Waals surface area (Å²) in [5.74, 6) is 1.49. The first-order valence-corrected chi connectivity index (χ1v) is 6.80. The van der Waals surface area contributed by atoms with Crippen molar-refractivity contribution in [3.05, 3.63) is 29.8 Å². The lowest BCUT2D eigenvalue weighted by Crippen LogP contribution is -2.40. The second kappa shape index (κ2) is 6.21. The van der Waals surface area contributed by atoms with E-state index in [4.69, 9.17) is 9.84 Å². The van der Waals surface area contributed by atoms with E-state index in [2.05, 4.69) is 17.4 Å². The highest BCUT2D eigenvalue weighted by molar-refractivity contribution is 5.30. The summed E-state index contributed by atoms with van der Waals surface area (Å²) in [5.41, 5.74) is 1.36. The summed E-state index contributed by atoms with van der Waals surface area (Å²) >= 11 is 0. The van der Waals surface area contributed by atoms with Gasteiger partial charge in [-0.25, -0.2) is 0 Å². The minimum Gasteiger partial charge on any atom is -0.491 e. The van der Waals surface area contributed by atoms with E-state index >= 15 is 0 Å². The first-order chi connectivity index (χ1) is 8.69. The number of ether oxygens (including phenoxy) is 1. The Morgan fingerprint density at radius 2 is 2.00 bits per heavy atom. The Labute approximate surface area is 109 Å². The molecule has 0 amide bonds. The third kappa shape index (κ3) is 3.47. The van der Waals surface area contributed by atoms with E-state index in [9.17, 15) is 0 Å². The first kappa shape index (κ1) is 13.4. The Morgan fingerprint density at radius 1 is 1.28 bits per heavy atom. The van der Waals surface area contributed by atoms with Gasteiger partial charge in [0.05, 0.1) is 12.7 Å². The van der Waals surface area contributed by atoms with Gasteiger partial charge in [-0.05, 0) is 50.3 Å². The molecule has 100 valence electrons. The van der Waals surface area contributed by atoms with Crippen molar-refractivity contribution < 1.29 is 9.84 Å². The van der Waals surface area contributed by atoms with Gasteiger partial charge in [0, 0.05) is 12.6 Å². The quantitative estimate of drug-likeness (QED) is 0.860. The van der Waals surface area contributed by atoms with Crippen LogP contribution in [0.4, 0.5) is 0 Å². The van der Waals surface area contributed by atoms with Crippen LogP contribution < -0.4 is 10.1 Å². The zero-order chi connectivity index (χ0) is 13.0. The largest absolute Gasteiger partial charge is 0.491 e. The molecule has 3 heteroatoms. The van der Waals surface area contributed by atoms with Crippen LogP contribution in [0.2, 0.25) is 0 Å². The summed E-state index contributed by atoms with van der Waals surface area (Å²) < 4.78 is 5.64. The highest BCUT2D eigenvalue weighted by Gasteiger charge is 2.20. The second-order valence-corrected chi connectivity index (χ2v) is 5.30. The molecular formula is C15H23NO2. The molecule has 1 aliphatic heterocycles. The Morgan fingerprint density at radius 3 is 2.50 bits per heavy atom. The molecule has 1 aliphatic rings. The van der Waals surface area contributed by atoms with Crippen molar-refractivity contribution in [2.24, 2.45) is 0 Å². The van der Waals surface area contributed by atoms with Crippen LogP contribution in [0.25, 0.3) is 0 Å². The van der Waals surface area contributed by atoms with Crippen molar-refractivity contribution in [1.29, 1.82) is 0 Å². The summed E-state index contributed by atoms with van der Waals surface area (Å²) in [6, 6.07) is 8.69. The van der Waals surface area contributed by atoms with Crippen LogP contribution in [0.1, 0.15) is 38.2 Å². The van der Waals surface area contributed by atoms with Crippen LogP contribution >= 0.6 is 0 Å². The van der Waals surface area contributed by atoms with Crippen LogP contribution in [0, 0.1) is 0 Å². The maximum atomic E-state index is 9.09. The van der Waals surface area contributed by atoms with Crippen molar-refractivity contribution in [3.8, 4) is 5.75 Å². The number of aliphatic hydroxyl groups excluding tert-OH is 1. The van der Waals surface area contributed by atoms with E-state index in [1.54, 1.807) is 0 Å². The monoisotopic (exact) mass is 249 g/mol. The molecule has 0 bridgehead atoms. The van der Waals surface area contributed by atoms with Gasteiger partial charge in [-0.1, -0.05) is 12.1 Å². The molecule has 1 saturated heterocycles. The minimum atomic E-state index is 0.220. The van der Waals surface area contributed by atoms with Crippen molar-refractivity contribution in [2.45, 2.75) is 44.8 Å². The molecule has 1 fully saturated rings. The summed E-state index contributed by atoms with van der Waals surface area (Å²) in [6.07, 6.45) is 2.41. The van der Waals surface area contributed by atoms with E-state index in [1.165, 1.54) is 5.56 Å². The lowest BCUT2D eigenvalue weighted by Gasteiger charge is -2.29. The fourth-order valence-corrected chi connectivity index (χ4v) is 2.45. The summed E-state index contributed by atoms with van der Waals surface area (Å²) in [5, 5.41) is 12.5.